The quantitative estimate of drug-likeness (QED) is 0.738. The summed E-state index contributed by atoms with van der Waals surface area (Å²) < 4.78 is 11.1. The van der Waals surface area contributed by atoms with E-state index in [9.17, 15) is 4.79 Å². The van der Waals surface area contributed by atoms with Crippen LogP contribution in [-0.2, 0) is 11.3 Å². The Balaban J connectivity index is 1.62. The van der Waals surface area contributed by atoms with Crippen LogP contribution in [0.3, 0.4) is 0 Å². The summed E-state index contributed by atoms with van der Waals surface area (Å²) in [6.45, 7) is 7.02. The number of aromatic nitrogens is 1. The first-order chi connectivity index (χ1) is 14.1. The highest BCUT2D eigenvalue weighted by Crippen LogP contribution is 2.32. The van der Waals surface area contributed by atoms with Crippen molar-refractivity contribution in [3.8, 4) is 11.5 Å². The fraction of sp³-hybridized carbons (Fsp3) is 0.478. The van der Waals surface area contributed by atoms with Crippen LogP contribution in [0.4, 0.5) is 0 Å². The standard InChI is InChI=1S/C23H31N3O3/c1-4-29-22-15-18(8-9-21(22)28-3)16-26-13-10-19(11-14-26)23(25-17(2)27)20-7-5-6-12-24-20/h5-9,12,15,19,23H,4,10-11,13-14,16H2,1-3H3,(H,25,27). The molecule has 0 bridgehead atoms. The molecule has 0 saturated carbocycles. The number of nitrogens with zero attached hydrogens (tertiary/aromatic N) is 2. The maximum Gasteiger partial charge on any atom is 0.217 e. The third kappa shape index (κ3) is 5.70. The predicted molar refractivity (Wildman–Crippen MR) is 113 cm³/mol. The molecular weight excluding hydrogens is 366 g/mol. The first-order valence-electron chi connectivity index (χ1n) is 10.3. The van der Waals surface area contributed by atoms with E-state index in [1.165, 1.54) is 5.56 Å². The van der Waals surface area contributed by atoms with Crippen molar-refractivity contribution in [1.29, 1.82) is 0 Å². The van der Waals surface area contributed by atoms with Gasteiger partial charge in [0.05, 0.1) is 25.5 Å². The van der Waals surface area contributed by atoms with Crippen molar-refractivity contribution in [1.82, 2.24) is 15.2 Å². The lowest BCUT2D eigenvalue weighted by molar-refractivity contribution is -0.120. The van der Waals surface area contributed by atoms with Crippen molar-refractivity contribution in [3.63, 3.8) is 0 Å². The number of carbonyl (C=O) groups is 1. The molecule has 6 heteroatoms. The number of nitrogens with one attached hydrogen (secondary N) is 1. The number of piperidine rings is 1. The molecule has 1 N–H and O–H groups in total. The molecule has 2 aromatic rings. The number of rotatable bonds is 8. The number of methoxy groups -OCH3 is 1. The number of hydrogen-bond acceptors (Lipinski definition) is 5. The minimum absolute atomic E-state index is 0.00947. The third-order valence-corrected chi connectivity index (χ3v) is 5.40. The van der Waals surface area contributed by atoms with Gasteiger partial charge in [-0.05, 0) is 68.6 Å². The molecule has 1 amide bonds. The lowest BCUT2D eigenvalue weighted by Gasteiger charge is -2.36. The van der Waals surface area contributed by atoms with E-state index >= 15 is 0 Å². The lowest BCUT2D eigenvalue weighted by Crippen LogP contribution is -2.40. The van der Waals surface area contributed by atoms with Gasteiger partial charge in [0.1, 0.15) is 0 Å². The first kappa shape index (κ1) is 21.1. The number of pyridine rings is 1. The van der Waals surface area contributed by atoms with Crippen LogP contribution in [-0.4, -0.2) is 42.6 Å². The zero-order valence-electron chi connectivity index (χ0n) is 17.6. The molecule has 1 saturated heterocycles. The second kappa shape index (κ2) is 10.3. The van der Waals surface area contributed by atoms with Gasteiger partial charge in [0, 0.05) is 19.7 Å². The van der Waals surface area contributed by atoms with Crippen LogP contribution in [0.2, 0.25) is 0 Å². The van der Waals surface area contributed by atoms with Crippen LogP contribution in [0.5, 0.6) is 11.5 Å². The summed E-state index contributed by atoms with van der Waals surface area (Å²) in [5.41, 5.74) is 2.16. The number of carbonyl (C=O) groups excluding carboxylic acids is 1. The van der Waals surface area contributed by atoms with Crippen molar-refractivity contribution in [3.05, 3.63) is 53.9 Å². The van der Waals surface area contributed by atoms with Gasteiger partial charge in [-0.2, -0.15) is 0 Å². The Labute approximate surface area is 173 Å². The number of ether oxygens (including phenoxy) is 2. The molecule has 0 radical (unpaired) electrons. The molecule has 1 fully saturated rings. The highest BCUT2D eigenvalue weighted by Gasteiger charge is 2.29. The minimum Gasteiger partial charge on any atom is -0.493 e. The van der Waals surface area contributed by atoms with Crippen molar-refractivity contribution in [2.24, 2.45) is 5.92 Å². The van der Waals surface area contributed by atoms with Gasteiger partial charge in [0.2, 0.25) is 5.91 Å². The second-order valence-electron chi connectivity index (χ2n) is 7.46. The number of amides is 1. The van der Waals surface area contributed by atoms with Gasteiger partial charge in [-0.1, -0.05) is 12.1 Å². The molecule has 2 heterocycles. The van der Waals surface area contributed by atoms with Gasteiger partial charge >= 0.3 is 0 Å². The Hall–Kier alpha value is -2.60. The SMILES string of the molecule is CCOc1cc(CN2CCC(C(NC(C)=O)c3ccccn3)CC2)ccc1OC. The Morgan fingerprint density at radius 2 is 2.03 bits per heavy atom. The molecule has 3 rings (SSSR count). The lowest BCUT2D eigenvalue weighted by atomic mass is 9.87. The van der Waals surface area contributed by atoms with Crippen molar-refractivity contribution in [2.75, 3.05) is 26.8 Å². The zero-order chi connectivity index (χ0) is 20.6. The molecule has 1 aromatic carbocycles. The van der Waals surface area contributed by atoms with Crippen LogP contribution < -0.4 is 14.8 Å². The van der Waals surface area contributed by atoms with Crippen molar-refractivity contribution in [2.45, 2.75) is 39.3 Å². The monoisotopic (exact) mass is 397 g/mol. The molecule has 0 aliphatic carbocycles. The molecule has 29 heavy (non-hydrogen) atoms. The fourth-order valence-electron chi connectivity index (χ4n) is 4.00. The zero-order valence-corrected chi connectivity index (χ0v) is 17.6. The molecule has 0 spiro atoms. The molecule has 1 unspecified atom stereocenters. The number of likely N-dealkylation sites (tertiary alicyclic amines) is 1. The van der Waals surface area contributed by atoms with Crippen LogP contribution in [0.1, 0.15) is 44.0 Å². The van der Waals surface area contributed by atoms with Crippen LogP contribution >= 0.6 is 0 Å². The molecule has 1 aliphatic rings. The largest absolute Gasteiger partial charge is 0.493 e. The smallest absolute Gasteiger partial charge is 0.217 e. The summed E-state index contributed by atoms with van der Waals surface area (Å²) in [5, 5.41) is 3.11. The van der Waals surface area contributed by atoms with E-state index in [0.29, 0.717) is 12.5 Å². The van der Waals surface area contributed by atoms with Crippen LogP contribution in [0.15, 0.2) is 42.6 Å². The molecular formula is C23H31N3O3. The molecule has 1 aliphatic heterocycles. The summed E-state index contributed by atoms with van der Waals surface area (Å²) in [5.74, 6) is 1.94. The highest BCUT2D eigenvalue weighted by atomic mass is 16.5. The van der Waals surface area contributed by atoms with Crippen molar-refractivity contribution >= 4 is 5.91 Å². The van der Waals surface area contributed by atoms with E-state index in [4.69, 9.17) is 9.47 Å². The number of benzene rings is 1. The Morgan fingerprint density at radius 3 is 2.66 bits per heavy atom. The Bertz CT molecular complexity index is 789. The highest BCUT2D eigenvalue weighted by molar-refractivity contribution is 5.73. The van der Waals surface area contributed by atoms with Gasteiger partial charge in [-0.3, -0.25) is 14.7 Å². The summed E-state index contributed by atoms with van der Waals surface area (Å²) in [6, 6.07) is 12.0. The second-order valence-corrected chi connectivity index (χ2v) is 7.46. The van der Waals surface area contributed by atoms with Gasteiger partial charge in [0.25, 0.3) is 0 Å². The van der Waals surface area contributed by atoms with E-state index < -0.39 is 0 Å². The normalized spacial score (nSPS) is 16.2. The average Bonchev–Trinajstić information content (AvgIpc) is 2.74. The van der Waals surface area contributed by atoms with Crippen LogP contribution in [0.25, 0.3) is 0 Å². The summed E-state index contributed by atoms with van der Waals surface area (Å²) in [6.07, 6.45) is 3.84. The minimum atomic E-state index is -0.0265. The third-order valence-electron chi connectivity index (χ3n) is 5.40. The van der Waals surface area contributed by atoms with E-state index in [2.05, 4.69) is 27.3 Å². The maximum absolute atomic E-state index is 11.7. The molecule has 1 atom stereocenters. The average molecular weight is 398 g/mol. The van der Waals surface area contributed by atoms with Crippen LogP contribution in [0, 0.1) is 5.92 Å². The van der Waals surface area contributed by atoms with Crippen molar-refractivity contribution < 1.29 is 14.3 Å². The Morgan fingerprint density at radius 1 is 1.24 bits per heavy atom. The topological polar surface area (TPSA) is 63.7 Å². The summed E-state index contributed by atoms with van der Waals surface area (Å²) in [4.78, 5) is 18.7. The Kier molecular flexibility index (Phi) is 7.47. The van der Waals surface area contributed by atoms with Gasteiger partial charge in [0.15, 0.2) is 11.5 Å². The van der Waals surface area contributed by atoms with Gasteiger partial charge in [-0.15, -0.1) is 0 Å². The van der Waals surface area contributed by atoms with Gasteiger partial charge < -0.3 is 14.8 Å². The summed E-state index contributed by atoms with van der Waals surface area (Å²) in [7, 11) is 1.66. The van der Waals surface area contributed by atoms with E-state index in [1.807, 2.05) is 31.2 Å². The maximum atomic E-state index is 11.7. The predicted octanol–water partition coefficient (Wildman–Crippen LogP) is 3.58. The van der Waals surface area contributed by atoms with E-state index in [-0.39, 0.29) is 11.9 Å². The molecule has 1 aromatic heterocycles. The fourth-order valence-corrected chi connectivity index (χ4v) is 4.00. The molecule has 156 valence electrons. The van der Waals surface area contributed by atoms with Gasteiger partial charge in [-0.25, -0.2) is 0 Å². The first-order valence-corrected chi connectivity index (χ1v) is 10.3. The molecule has 6 nitrogen and oxygen atoms in total. The van der Waals surface area contributed by atoms with E-state index in [1.54, 1.807) is 20.2 Å². The summed E-state index contributed by atoms with van der Waals surface area (Å²) >= 11 is 0. The van der Waals surface area contributed by atoms with E-state index in [0.717, 1.165) is 49.7 Å². The number of hydrogen-bond donors (Lipinski definition) is 1.